The summed E-state index contributed by atoms with van der Waals surface area (Å²) in [5, 5.41) is -0.236. The lowest BCUT2D eigenvalue weighted by atomic mass is 9.88. The molecule has 0 bridgehead atoms. The lowest BCUT2D eigenvalue weighted by Gasteiger charge is -2.31. The largest absolute Gasteiger partial charge is 0.492 e. The van der Waals surface area contributed by atoms with Crippen LogP contribution in [0.3, 0.4) is 0 Å². The molecule has 0 fully saturated rings. The lowest BCUT2D eigenvalue weighted by molar-refractivity contribution is 0.270. The molecule has 0 amide bonds. The molecule has 2 atom stereocenters. The summed E-state index contributed by atoms with van der Waals surface area (Å²) in [6, 6.07) is 15.9. The van der Waals surface area contributed by atoms with E-state index in [0.717, 1.165) is 10.6 Å². The third-order valence-corrected chi connectivity index (χ3v) is 7.22. The first-order chi connectivity index (χ1) is 15.6. The predicted octanol–water partition coefficient (Wildman–Crippen LogP) is 6.05. The molecule has 3 aromatic carbocycles. The van der Waals surface area contributed by atoms with E-state index in [1.165, 1.54) is 48.4 Å². The fourth-order valence-electron chi connectivity index (χ4n) is 4.25. The van der Waals surface area contributed by atoms with Crippen LogP contribution in [0.5, 0.6) is 5.75 Å². The van der Waals surface area contributed by atoms with Crippen molar-refractivity contribution in [2.45, 2.75) is 10.1 Å². The summed E-state index contributed by atoms with van der Waals surface area (Å²) in [6.07, 6.45) is 1.44. The van der Waals surface area contributed by atoms with Gasteiger partial charge in [0.05, 0.1) is 40.8 Å². The molecular formula is C25H15F2NO3S. The van der Waals surface area contributed by atoms with Gasteiger partial charge < -0.3 is 9.15 Å². The molecule has 6 rings (SSSR count). The van der Waals surface area contributed by atoms with E-state index in [2.05, 4.69) is 0 Å². The normalized spacial score (nSPS) is 19.2. The van der Waals surface area contributed by atoms with E-state index in [1.807, 2.05) is 24.3 Å². The maximum atomic E-state index is 14.1. The number of para-hydroxylation sites is 1. The summed E-state index contributed by atoms with van der Waals surface area (Å²) in [7, 11) is 0. The van der Waals surface area contributed by atoms with Gasteiger partial charge in [0, 0.05) is 16.0 Å². The van der Waals surface area contributed by atoms with Gasteiger partial charge >= 0.3 is 0 Å². The quantitative estimate of drug-likeness (QED) is 0.357. The molecular weight excluding hydrogens is 432 g/mol. The highest BCUT2D eigenvalue weighted by Gasteiger charge is 2.39. The molecule has 0 spiro atoms. The van der Waals surface area contributed by atoms with E-state index in [-0.39, 0.29) is 23.3 Å². The second-order valence-electron chi connectivity index (χ2n) is 7.72. The first-order valence-electron chi connectivity index (χ1n) is 10.1. The van der Waals surface area contributed by atoms with Crippen LogP contribution in [-0.2, 0) is 0 Å². The molecule has 2 aliphatic heterocycles. The number of benzene rings is 3. The summed E-state index contributed by atoms with van der Waals surface area (Å²) >= 11 is 1.48. The summed E-state index contributed by atoms with van der Waals surface area (Å²) in [5.74, 6) is -0.681. The first-order valence-corrected chi connectivity index (χ1v) is 10.9. The van der Waals surface area contributed by atoms with Gasteiger partial charge in [-0.3, -0.25) is 9.79 Å². The number of aliphatic imine (C=N–C) groups is 1. The van der Waals surface area contributed by atoms with E-state index in [4.69, 9.17) is 14.1 Å². The molecule has 3 heterocycles. The van der Waals surface area contributed by atoms with Crippen LogP contribution in [-0.4, -0.2) is 12.3 Å². The number of hydrogen-bond donors (Lipinski definition) is 0. The van der Waals surface area contributed by atoms with Crippen molar-refractivity contribution in [1.82, 2.24) is 0 Å². The highest BCUT2D eigenvalue weighted by atomic mass is 32.2. The lowest BCUT2D eigenvalue weighted by Crippen LogP contribution is -2.33. The number of ether oxygens (including phenoxy) is 1. The van der Waals surface area contributed by atoms with Crippen LogP contribution in [0, 0.1) is 17.6 Å². The van der Waals surface area contributed by atoms with Crippen LogP contribution in [0.15, 0.2) is 86.0 Å². The molecule has 0 unspecified atom stereocenters. The minimum absolute atomic E-state index is 0.183. The molecule has 32 heavy (non-hydrogen) atoms. The Bertz CT molecular complexity index is 1480. The van der Waals surface area contributed by atoms with Crippen molar-refractivity contribution < 1.29 is 17.9 Å². The van der Waals surface area contributed by atoms with Gasteiger partial charge in [-0.2, -0.15) is 0 Å². The van der Waals surface area contributed by atoms with Gasteiger partial charge in [0.1, 0.15) is 23.0 Å². The average molecular weight is 447 g/mol. The van der Waals surface area contributed by atoms with Crippen LogP contribution < -0.4 is 10.2 Å². The molecule has 4 aromatic rings. The predicted molar refractivity (Wildman–Crippen MR) is 119 cm³/mol. The minimum Gasteiger partial charge on any atom is -0.492 e. The SMILES string of the molecule is O=c1c([C@@H]2Sc3ccccc3N=C3c4cc(F)ccc4OC[C@@H]32)coc2ccc(F)cc12. The van der Waals surface area contributed by atoms with E-state index in [0.29, 0.717) is 28.2 Å². The van der Waals surface area contributed by atoms with E-state index >= 15 is 0 Å². The Labute approximate surface area is 185 Å². The number of nitrogens with zero attached hydrogens (tertiary/aromatic N) is 1. The summed E-state index contributed by atoms with van der Waals surface area (Å²) in [6.45, 7) is 0.268. The Morgan fingerprint density at radius 1 is 1.00 bits per heavy atom. The molecule has 0 N–H and O–H groups in total. The topological polar surface area (TPSA) is 51.8 Å². The van der Waals surface area contributed by atoms with Crippen molar-refractivity contribution in [3.63, 3.8) is 0 Å². The molecule has 2 aliphatic rings. The molecule has 0 saturated carbocycles. The van der Waals surface area contributed by atoms with Gasteiger partial charge in [-0.05, 0) is 48.5 Å². The van der Waals surface area contributed by atoms with Crippen LogP contribution in [0.1, 0.15) is 16.4 Å². The van der Waals surface area contributed by atoms with Crippen LogP contribution in [0.4, 0.5) is 14.5 Å². The summed E-state index contributed by atoms with van der Waals surface area (Å²) in [5.41, 5.74) is 2.39. The first kappa shape index (κ1) is 19.3. The maximum Gasteiger partial charge on any atom is 0.197 e. The number of hydrogen-bond acceptors (Lipinski definition) is 5. The number of fused-ring (bicyclic) bond motifs is 5. The smallest absolute Gasteiger partial charge is 0.197 e. The van der Waals surface area contributed by atoms with Gasteiger partial charge in [0.15, 0.2) is 5.43 Å². The molecule has 0 saturated heterocycles. The van der Waals surface area contributed by atoms with Gasteiger partial charge in [-0.15, -0.1) is 11.8 Å². The van der Waals surface area contributed by atoms with Crippen molar-refractivity contribution in [2.24, 2.45) is 10.9 Å². The monoisotopic (exact) mass is 447 g/mol. The third kappa shape index (κ3) is 3.04. The second kappa shape index (κ2) is 7.31. The Hall–Kier alpha value is -3.45. The fraction of sp³-hybridized carbons (Fsp3) is 0.120. The zero-order valence-corrected chi connectivity index (χ0v) is 17.4. The average Bonchev–Trinajstić information content (AvgIpc) is 2.97. The van der Waals surface area contributed by atoms with Gasteiger partial charge in [-0.25, -0.2) is 8.78 Å². The number of halogens is 2. The van der Waals surface area contributed by atoms with Crippen LogP contribution in [0.25, 0.3) is 11.0 Å². The van der Waals surface area contributed by atoms with Crippen LogP contribution in [0.2, 0.25) is 0 Å². The van der Waals surface area contributed by atoms with E-state index < -0.39 is 16.9 Å². The van der Waals surface area contributed by atoms with E-state index in [1.54, 1.807) is 6.07 Å². The van der Waals surface area contributed by atoms with Gasteiger partial charge in [0.25, 0.3) is 0 Å². The molecule has 0 radical (unpaired) electrons. The van der Waals surface area contributed by atoms with Crippen molar-refractivity contribution in [1.29, 1.82) is 0 Å². The van der Waals surface area contributed by atoms with Crippen molar-refractivity contribution in [3.05, 3.63) is 99.9 Å². The van der Waals surface area contributed by atoms with Gasteiger partial charge in [0.2, 0.25) is 0 Å². The Morgan fingerprint density at radius 2 is 1.81 bits per heavy atom. The molecule has 7 heteroatoms. The van der Waals surface area contributed by atoms with E-state index in [9.17, 15) is 13.6 Å². The Kier molecular flexibility index (Phi) is 4.40. The number of rotatable bonds is 1. The standard InChI is InChI=1S/C25H15F2NO3S/c26-13-5-7-20-15(9-13)23-17(11-30-20)25(32-22-4-2-1-3-19(22)28-23)18-12-31-21-8-6-14(27)10-16(21)24(18)29/h1-10,12,17,25H,11H2/t17-,25+/m0/s1. The molecule has 1 aromatic heterocycles. The zero-order chi connectivity index (χ0) is 21.8. The summed E-state index contributed by atoms with van der Waals surface area (Å²) < 4.78 is 39.7. The molecule has 158 valence electrons. The Morgan fingerprint density at radius 3 is 2.72 bits per heavy atom. The van der Waals surface area contributed by atoms with Crippen molar-refractivity contribution in [3.8, 4) is 5.75 Å². The fourth-order valence-corrected chi connectivity index (χ4v) is 5.58. The molecule has 0 aliphatic carbocycles. The highest BCUT2D eigenvalue weighted by Crippen LogP contribution is 2.49. The van der Waals surface area contributed by atoms with Gasteiger partial charge in [-0.1, -0.05) is 12.1 Å². The Balaban J connectivity index is 1.59. The van der Waals surface area contributed by atoms with Crippen LogP contribution >= 0.6 is 11.8 Å². The third-order valence-electron chi connectivity index (χ3n) is 5.78. The number of thioether (sulfide) groups is 1. The van der Waals surface area contributed by atoms with Crippen molar-refractivity contribution in [2.75, 3.05) is 6.61 Å². The van der Waals surface area contributed by atoms with Crippen molar-refractivity contribution >= 4 is 34.1 Å². The molecule has 4 nitrogen and oxygen atoms in total. The maximum absolute atomic E-state index is 14.1. The minimum atomic E-state index is -0.506. The second-order valence-corrected chi connectivity index (χ2v) is 8.91. The summed E-state index contributed by atoms with van der Waals surface area (Å²) in [4.78, 5) is 19.2. The zero-order valence-electron chi connectivity index (χ0n) is 16.5. The highest BCUT2D eigenvalue weighted by molar-refractivity contribution is 7.99.